The first-order valence-corrected chi connectivity index (χ1v) is 11.3. The summed E-state index contributed by atoms with van der Waals surface area (Å²) in [5.41, 5.74) is -0.178. The average molecular weight is 511 g/mol. The SMILES string of the molecule is NC1=C[C@]2(CN1)c1cc(-c3cccnc3F)ccc1Oc1c(F)cc(OS(=O)(=O)C(F)(F)F)cc12. The monoisotopic (exact) mass is 511 g/mol. The molecule has 0 fully saturated rings. The second-order valence-electron chi connectivity index (χ2n) is 7.84. The number of benzene rings is 2. The summed E-state index contributed by atoms with van der Waals surface area (Å²) in [6, 6.07) is 9.05. The maximum atomic E-state index is 15.0. The normalized spacial score (nSPS) is 18.8. The van der Waals surface area contributed by atoms with E-state index in [-0.39, 0.29) is 35.0 Å². The van der Waals surface area contributed by atoms with Crippen LogP contribution in [-0.2, 0) is 15.5 Å². The van der Waals surface area contributed by atoms with Crippen LogP contribution in [0.1, 0.15) is 11.1 Å². The second-order valence-corrected chi connectivity index (χ2v) is 9.38. The molecule has 7 nitrogen and oxygen atoms in total. The summed E-state index contributed by atoms with van der Waals surface area (Å²) in [6.45, 7) is 0.0239. The predicted molar refractivity (Wildman–Crippen MR) is 113 cm³/mol. The molecule has 182 valence electrons. The third-order valence-corrected chi connectivity index (χ3v) is 6.68. The lowest BCUT2D eigenvalue weighted by molar-refractivity contribution is -0.0500. The van der Waals surface area contributed by atoms with Crippen LogP contribution in [0.15, 0.2) is 60.6 Å². The fourth-order valence-corrected chi connectivity index (χ4v) is 4.62. The van der Waals surface area contributed by atoms with Crippen molar-refractivity contribution in [3.05, 3.63) is 83.5 Å². The Labute approximate surface area is 195 Å². The number of nitrogens with zero attached hydrogens (tertiary/aromatic N) is 1. The van der Waals surface area contributed by atoms with Crippen molar-refractivity contribution < 1.29 is 39.3 Å². The van der Waals surface area contributed by atoms with E-state index in [1.54, 1.807) is 12.1 Å². The van der Waals surface area contributed by atoms with Crippen LogP contribution in [0.3, 0.4) is 0 Å². The number of nitrogens with one attached hydrogen (secondary N) is 1. The lowest BCUT2D eigenvalue weighted by atomic mass is 9.72. The summed E-state index contributed by atoms with van der Waals surface area (Å²) in [5.74, 6) is -2.77. The van der Waals surface area contributed by atoms with Crippen LogP contribution in [0.2, 0.25) is 0 Å². The second kappa shape index (κ2) is 7.57. The van der Waals surface area contributed by atoms with Crippen LogP contribution >= 0.6 is 0 Å². The number of nitrogens with two attached hydrogens (primary N) is 1. The largest absolute Gasteiger partial charge is 0.534 e. The highest BCUT2D eigenvalue weighted by molar-refractivity contribution is 7.88. The quantitative estimate of drug-likeness (QED) is 0.237. The Kier molecular flexibility index (Phi) is 4.95. The lowest BCUT2D eigenvalue weighted by Crippen LogP contribution is -2.35. The van der Waals surface area contributed by atoms with Gasteiger partial charge in [0.05, 0.1) is 11.2 Å². The van der Waals surface area contributed by atoms with Gasteiger partial charge in [-0.2, -0.15) is 26.0 Å². The molecule has 2 aliphatic rings. The van der Waals surface area contributed by atoms with E-state index < -0.39 is 38.6 Å². The van der Waals surface area contributed by atoms with Crippen molar-refractivity contribution in [3.8, 4) is 28.4 Å². The van der Waals surface area contributed by atoms with Gasteiger partial charge in [0.15, 0.2) is 11.6 Å². The summed E-state index contributed by atoms with van der Waals surface area (Å²) >= 11 is 0. The number of ether oxygens (including phenoxy) is 1. The molecule has 3 N–H and O–H groups in total. The molecule has 3 heterocycles. The molecule has 5 rings (SSSR count). The van der Waals surface area contributed by atoms with Gasteiger partial charge >= 0.3 is 15.6 Å². The lowest BCUT2D eigenvalue weighted by Gasteiger charge is -2.36. The molecule has 13 heteroatoms. The van der Waals surface area contributed by atoms with E-state index in [1.807, 2.05) is 0 Å². The number of hydrogen-bond donors (Lipinski definition) is 2. The third kappa shape index (κ3) is 3.62. The van der Waals surface area contributed by atoms with Gasteiger partial charge in [0.2, 0.25) is 5.95 Å². The fourth-order valence-electron chi connectivity index (χ4n) is 4.17. The Hall–Kier alpha value is -3.87. The molecule has 2 aliphatic heterocycles. The minimum atomic E-state index is -6.06. The number of halogens is 5. The van der Waals surface area contributed by atoms with Gasteiger partial charge in [-0.1, -0.05) is 6.07 Å². The molecule has 35 heavy (non-hydrogen) atoms. The maximum absolute atomic E-state index is 15.0. The highest BCUT2D eigenvalue weighted by atomic mass is 32.2. The van der Waals surface area contributed by atoms with Crippen LogP contribution in [0, 0.1) is 11.8 Å². The summed E-state index contributed by atoms with van der Waals surface area (Å²) in [7, 11) is -6.06. The molecular weight excluding hydrogens is 497 g/mol. The van der Waals surface area contributed by atoms with E-state index in [0.717, 1.165) is 6.07 Å². The standard InChI is InChI=1S/C22H14F5N3O4S/c23-16-8-12(34-35(31,32)22(25,26)27)7-15-19(16)33-17-4-3-11(13-2-1-5-29-20(13)24)6-14(17)21(15)9-18(28)30-10-21/h1-9,30H,10,28H2/t21-/m0/s1. The average Bonchev–Trinajstić information content (AvgIpc) is 3.16. The topological polar surface area (TPSA) is 104 Å². The first-order chi connectivity index (χ1) is 16.4. The Balaban J connectivity index is 1.70. The summed E-state index contributed by atoms with van der Waals surface area (Å²) < 4.78 is 101. The highest BCUT2D eigenvalue weighted by Crippen LogP contribution is 2.53. The van der Waals surface area contributed by atoms with Gasteiger partial charge in [-0.05, 0) is 42.0 Å². The van der Waals surface area contributed by atoms with Gasteiger partial charge in [0.25, 0.3) is 0 Å². The van der Waals surface area contributed by atoms with Gasteiger partial charge in [-0.25, -0.2) is 9.37 Å². The summed E-state index contributed by atoms with van der Waals surface area (Å²) in [5, 5.41) is 2.88. The smallest absolute Gasteiger partial charge is 0.454 e. The molecular formula is C22H14F5N3O4S. The molecule has 0 amide bonds. The Bertz CT molecular complexity index is 1510. The number of rotatable bonds is 3. The minimum Gasteiger partial charge on any atom is -0.454 e. The van der Waals surface area contributed by atoms with Crippen molar-refractivity contribution in [2.24, 2.45) is 5.73 Å². The fraction of sp³-hybridized carbons (Fsp3) is 0.136. The molecule has 0 unspecified atom stereocenters. The van der Waals surface area contributed by atoms with E-state index in [4.69, 9.17) is 10.5 Å². The van der Waals surface area contributed by atoms with Crippen molar-refractivity contribution in [1.29, 1.82) is 0 Å². The number of alkyl halides is 3. The Morgan fingerprint density at radius 3 is 2.54 bits per heavy atom. The molecule has 3 aromatic rings. The van der Waals surface area contributed by atoms with E-state index in [9.17, 15) is 26.0 Å². The van der Waals surface area contributed by atoms with Gasteiger partial charge < -0.3 is 20.0 Å². The Morgan fingerprint density at radius 1 is 1.11 bits per heavy atom. The van der Waals surface area contributed by atoms with Gasteiger partial charge in [-0.15, -0.1) is 0 Å². The van der Waals surface area contributed by atoms with E-state index in [2.05, 4.69) is 14.5 Å². The first kappa shape index (κ1) is 22.9. The van der Waals surface area contributed by atoms with Crippen LogP contribution in [0.5, 0.6) is 17.2 Å². The number of aromatic nitrogens is 1. The van der Waals surface area contributed by atoms with Crippen molar-refractivity contribution in [1.82, 2.24) is 10.3 Å². The van der Waals surface area contributed by atoms with Gasteiger partial charge in [-0.3, -0.25) is 0 Å². The van der Waals surface area contributed by atoms with Gasteiger partial charge in [0.1, 0.15) is 11.5 Å². The molecule has 0 saturated carbocycles. The van der Waals surface area contributed by atoms with E-state index in [0.29, 0.717) is 17.2 Å². The van der Waals surface area contributed by atoms with Crippen molar-refractivity contribution in [3.63, 3.8) is 0 Å². The van der Waals surface area contributed by atoms with E-state index in [1.165, 1.54) is 30.5 Å². The molecule has 0 radical (unpaired) electrons. The van der Waals surface area contributed by atoms with E-state index >= 15 is 4.39 Å². The highest BCUT2D eigenvalue weighted by Gasteiger charge is 2.50. The maximum Gasteiger partial charge on any atom is 0.534 e. The zero-order valence-electron chi connectivity index (χ0n) is 17.4. The number of pyridine rings is 1. The third-order valence-electron chi connectivity index (χ3n) is 5.70. The molecule has 1 aromatic heterocycles. The Morgan fingerprint density at radius 2 is 1.89 bits per heavy atom. The van der Waals surface area contributed by atoms with Crippen molar-refractivity contribution in [2.75, 3.05) is 6.54 Å². The van der Waals surface area contributed by atoms with Crippen molar-refractivity contribution >= 4 is 10.1 Å². The molecule has 2 aromatic carbocycles. The van der Waals surface area contributed by atoms with Crippen LogP contribution in [0.4, 0.5) is 22.0 Å². The first-order valence-electron chi connectivity index (χ1n) is 9.91. The summed E-state index contributed by atoms with van der Waals surface area (Å²) in [6.07, 6.45) is 2.78. The molecule has 0 bridgehead atoms. The minimum absolute atomic E-state index is 0.0239. The van der Waals surface area contributed by atoms with Crippen LogP contribution in [0.25, 0.3) is 11.1 Å². The predicted octanol–water partition coefficient (Wildman–Crippen LogP) is 4.05. The summed E-state index contributed by atoms with van der Waals surface area (Å²) in [4.78, 5) is 3.62. The zero-order chi connectivity index (χ0) is 25.2. The van der Waals surface area contributed by atoms with Crippen LogP contribution < -0.4 is 20.0 Å². The molecule has 1 spiro atoms. The van der Waals surface area contributed by atoms with Crippen molar-refractivity contribution in [2.45, 2.75) is 10.9 Å². The van der Waals surface area contributed by atoms with Crippen LogP contribution in [-0.4, -0.2) is 25.5 Å². The van der Waals surface area contributed by atoms with Gasteiger partial charge in [0, 0.05) is 35.5 Å². The molecule has 1 atom stereocenters. The number of hydrogen-bond acceptors (Lipinski definition) is 7. The molecule has 0 saturated heterocycles. The zero-order valence-corrected chi connectivity index (χ0v) is 18.2. The number of fused-ring (bicyclic) bond motifs is 4. The molecule has 0 aliphatic carbocycles.